The maximum Gasteiger partial charge on any atom is 0.279 e. The van der Waals surface area contributed by atoms with E-state index in [9.17, 15) is 13.2 Å². The summed E-state index contributed by atoms with van der Waals surface area (Å²) in [5.74, 6) is -0.336. The van der Waals surface area contributed by atoms with Gasteiger partial charge in [-0.2, -0.15) is 0 Å². The van der Waals surface area contributed by atoms with Gasteiger partial charge in [0.2, 0.25) is 0 Å². The molecule has 0 aliphatic rings. The number of aromatic amines is 1. The van der Waals surface area contributed by atoms with E-state index in [1.807, 2.05) is 0 Å². The molecule has 1 N–H and O–H groups in total. The molecule has 0 aliphatic carbocycles. The summed E-state index contributed by atoms with van der Waals surface area (Å²) in [4.78, 5) is 0. The molecule has 17 heavy (non-hydrogen) atoms. The third kappa shape index (κ3) is 2.76. The molecule has 0 saturated carbocycles. The predicted molar refractivity (Wildman–Crippen MR) is 60.1 cm³/mol. The summed E-state index contributed by atoms with van der Waals surface area (Å²) in [5.41, 5.74) is 0.572. The molecule has 0 unspecified atom stereocenters. The summed E-state index contributed by atoms with van der Waals surface area (Å²) >= 11 is 4.94. The fourth-order valence-corrected chi connectivity index (χ4v) is 1.69. The van der Waals surface area contributed by atoms with Gasteiger partial charge in [0.1, 0.15) is 16.2 Å². The number of hydrogen-bond donors (Lipinski definition) is 1. The van der Waals surface area contributed by atoms with E-state index in [4.69, 9.17) is 12.2 Å². The largest absolute Gasteiger partial charge is 0.296 e. The van der Waals surface area contributed by atoms with Gasteiger partial charge in [0.25, 0.3) is 6.43 Å². The van der Waals surface area contributed by atoms with Gasteiger partial charge in [0.15, 0.2) is 0 Å². The maximum atomic E-state index is 12.7. The summed E-state index contributed by atoms with van der Waals surface area (Å²) in [6.45, 7) is 0.311. The van der Waals surface area contributed by atoms with Crippen LogP contribution in [0, 0.1) is 10.5 Å². The van der Waals surface area contributed by atoms with Crippen molar-refractivity contribution in [1.29, 1.82) is 0 Å². The second-order valence-corrected chi connectivity index (χ2v) is 3.98. The molecule has 0 aliphatic heterocycles. The van der Waals surface area contributed by atoms with Crippen molar-refractivity contribution in [1.82, 2.24) is 9.78 Å². The first kappa shape index (κ1) is 11.9. The topological polar surface area (TPSA) is 20.7 Å². The molecule has 1 aromatic carbocycles. The standard InChI is InChI=1S/C11H9F3N2S/c12-8-3-1-7(2-4-8)6-16-10(17)5-9(15-16)11(13)14/h1-5,11,15H,6H2. The minimum Gasteiger partial charge on any atom is -0.296 e. The lowest BCUT2D eigenvalue weighted by molar-refractivity contribution is 0.145. The second kappa shape index (κ2) is 4.75. The van der Waals surface area contributed by atoms with Crippen LogP contribution in [0.3, 0.4) is 0 Å². The van der Waals surface area contributed by atoms with E-state index in [1.54, 1.807) is 12.1 Å². The molecule has 1 aromatic heterocycles. The number of hydrogen-bond acceptors (Lipinski definition) is 1. The Labute approximate surface area is 101 Å². The SMILES string of the molecule is Fc1ccc(Cn2[nH]c(C(F)F)cc2=S)cc1. The number of rotatable bonds is 3. The van der Waals surface area contributed by atoms with E-state index in [-0.39, 0.29) is 11.5 Å². The lowest BCUT2D eigenvalue weighted by Crippen LogP contribution is -2.02. The molecule has 0 saturated heterocycles. The van der Waals surface area contributed by atoms with Crippen molar-refractivity contribution < 1.29 is 13.2 Å². The highest BCUT2D eigenvalue weighted by molar-refractivity contribution is 7.71. The number of benzene rings is 1. The first-order valence-corrected chi connectivity index (χ1v) is 5.29. The highest BCUT2D eigenvalue weighted by atomic mass is 32.1. The maximum absolute atomic E-state index is 12.7. The Hall–Kier alpha value is -1.56. The average Bonchev–Trinajstić information content (AvgIpc) is 2.64. The van der Waals surface area contributed by atoms with Crippen LogP contribution in [0.2, 0.25) is 0 Å². The number of alkyl halides is 2. The molecule has 0 bridgehead atoms. The second-order valence-electron chi connectivity index (χ2n) is 3.56. The van der Waals surface area contributed by atoms with Gasteiger partial charge in [-0.05, 0) is 17.7 Å². The Morgan fingerprint density at radius 1 is 1.24 bits per heavy atom. The zero-order valence-corrected chi connectivity index (χ0v) is 9.48. The minimum absolute atomic E-state index is 0.211. The molecule has 1 heterocycles. The molecule has 0 amide bonds. The number of H-pyrrole nitrogens is 1. The normalized spacial score (nSPS) is 11.1. The quantitative estimate of drug-likeness (QED) is 0.833. The van der Waals surface area contributed by atoms with Gasteiger partial charge >= 0.3 is 0 Å². The monoisotopic (exact) mass is 258 g/mol. The summed E-state index contributed by atoms with van der Waals surface area (Å²) < 4.78 is 39.2. The third-order valence-electron chi connectivity index (χ3n) is 2.30. The first-order valence-electron chi connectivity index (χ1n) is 4.88. The van der Waals surface area contributed by atoms with Gasteiger partial charge < -0.3 is 0 Å². The molecule has 0 atom stereocenters. The molecule has 0 spiro atoms. The molecule has 0 fully saturated rings. The molecule has 2 aromatic rings. The van der Waals surface area contributed by atoms with E-state index in [1.165, 1.54) is 22.9 Å². The molecule has 2 nitrogen and oxygen atoms in total. The summed E-state index contributed by atoms with van der Waals surface area (Å²) in [6.07, 6.45) is -2.58. The summed E-state index contributed by atoms with van der Waals surface area (Å²) in [6, 6.07) is 7.02. The average molecular weight is 258 g/mol. The smallest absolute Gasteiger partial charge is 0.279 e. The van der Waals surface area contributed by atoms with Crippen molar-refractivity contribution in [3.05, 3.63) is 52.0 Å². The van der Waals surface area contributed by atoms with Crippen molar-refractivity contribution in [2.24, 2.45) is 0 Å². The predicted octanol–water partition coefficient (Wildman–Crippen LogP) is 3.67. The Balaban J connectivity index is 2.24. The van der Waals surface area contributed by atoms with Crippen LogP contribution in [-0.2, 0) is 6.54 Å². The van der Waals surface area contributed by atoms with Gasteiger partial charge in [-0.1, -0.05) is 24.4 Å². The van der Waals surface area contributed by atoms with Crippen LogP contribution in [0.25, 0.3) is 0 Å². The van der Waals surface area contributed by atoms with E-state index in [2.05, 4.69) is 5.10 Å². The van der Waals surface area contributed by atoms with Gasteiger partial charge in [-0.15, -0.1) is 0 Å². The van der Waals surface area contributed by atoms with E-state index in [0.29, 0.717) is 11.2 Å². The van der Waals surface area contributed by atoms with Crippen LogP contribution in [0.4, 0.5) is 13.2 Å². The number of aromatic nitrogens is 2. The Morgan fingerprint density at radius 3 is 2.41 bits per heavy atom. The summed E-state index contributed by atoms with van der Waals surface area (Å²) in [7, 11) is 0. The van der Waals surface area contributed by atoms with Gasteiger partial charge in [-0.3, -0.25) is 9.78 Å². The van der Waals surface area contributed by atoms with Crippen molar-refractivity contribution in [3.63, 3.8) is 0 Å². The Bertz CT molecular complexity index is 557. The van der Waals surface area contributed by atoms with Crippen molar-refractivity contribution in [3.8, 4) is 0 Å². The molecule has 90 valence electrons. The minimum atomic E-state index is -2.58. The molecule has 2 rings (SSSR count). The number of halogens is 3. The van der Waals surface area contributed by atoms with E-state index in [0.717, 1.165) is 5.56 Å². The van der Waals surface area contributed by atoms with Crippen molar-refractivity contribution in [2.75, 3.05) is 0 Å². The Kier molecular flexibility index (Phi) is 3.33. The molecule has 0 radical (unpaired) electrons. The Morgan fingerprint density at radius 2 is 1.88 bits per heavy atom. The van der Waals surface area contributed by atoms with Crippen LogP contribution in [0.5, 0.6) is 0 Å². The lowest BCUT2D eigenvalue weighted by atomic mass is 10.2. The van der Waals surface area contributed by atoms with Crippen LogP contribution >= 0.6 is 12.2 Å². The zero-order valence-electron chi connectivity index (χ0n) is 8.66. The fourth-order valence-electron chi connectivity index (χ4n) is 1.46. The third-order valence-corrected chi connectivity index (χ3v) is 2.64. The van der Waals surface area contributed by atoms with E-state index < -0.39 is 6.43 Å². The van der Waals surface area contributed by atoms with Gasteiger partial charge in [0, 0.05) is 6.07 Å². The number of nitrogens with zero attached hydrogens (tertiary/aromatic N) is 1. The molecular weight excluding hydrogens is 249 g/mol. The molecule has 6 heteroatoms. The zero-order chi connectivity index (χ0) is 12.4. The number of nitrogens with one attached hydrogen (secondary N) is 1. The van der Waals surface area contributed by atoms with Crippen LogP contribution in [0.1, 0.15) is 17.7 Å². The lowest BCUT2D eigenvalue weighted by Gasteiger charge is -2.03. The fraction of sp³-hybridized carbons (Fsp3) is 0.182. The first-order chi connectivity index (χ1) is 8.06. The molecular formula is C11H9F3N2S. The van der Waals surface area contributed by atoms with Gasteiger partial charge in [0.05, 0.1) is 6.54 Å². The summed E-state index contributed by atoms with van der Waals surface area (Å²) in [5, 5.41) is 2.51. The van der Waals surface area contributed by atoms with Crippen LogP contribution in [0.15, 0.2) is 30.3 Å². The van der Waals surface area contributed by atoms with Crippen LogP contribution < -0.4 is 0 Å². The van der Waals surface area contributed by atoms with Crippen LogP contribution in [-0.4, -0.2) is 9.78 Å². The highest BCUT2D eigenvalue weighted by Crippen LogP contribution is 2.17. The van der Waals surface area contributed by atoms with Gasteiger partial charge in [-0.25, -0.2) is 13.2 Å². The van der Waals surface area contributed by atoms with Crippen molar-refractivity contribution >= 4 is 12.2 Å². The van der Waals surface area contributed by atoms with Crippen molar-refractivity contribution in [2.45, 2.75) is 13.0 Å². The highest BCUT2D eigenvalue weighted by Gasteiger charge is 2.10. The van der Waals surface area contributed by atoms with E-state index >= 15 is 0 Å².